The zero-order chi connectivity index (χ0) is 22.3. The molecule has 0 amide bonds. The number of anilines is 1. The van der Waals surface area contributed by atoms with E-state index in [2.05, 4.69) is 15.4 Å². The fraction of sp³-hybridized carbons (Fsp3) is 0.375. The number of rotatable bonds is 6. The quantitative estimate of drug-likeness (QED) is 0.472. The van der Waals surface area contributed by atoms with Gasteiger partial charge in [0.05, 0.1) is 42.0 Å². The molecule has 0 bridgehead atoms. The fourth-order valence-corrected chi connectivity index (χ4v) is 4.26. The Morgan fingerprint density at radius 2 is 2.00 bits per heavy atom. The first kappa shape index (κ1) is 20.6. The lowest BCUT2D eigenvalue weighted by Crippen LogP contribution is -2.26. The molecule has 1 saturated carbocycles. The highest BCUT2D eigenvalue weighted by Crippen LogP contribution is 2.27. The third-order valence-corrected chi connectivity index (χ3v) is 5.80. The smallest absolute Gasteiger partial charge is 0.137 e. The maximum absolute atomic E-state index is 14.0. The van der Waals surface area contributed by atoms with Gasteiger partial charge in [0.15, 0.2) is 0 Å². The molecule has 4 aromatic heterocycles. The van der Waals surface area contributed by atoms with E-state index in [9.17, 15) is 9.50 Å². The number of aliphatic hydroxyl groups is 1. The van der Waals surface area contributed by atoms with Crippen molar-refractivity contribution in [1.29, 1.82) is 0 Å². The molecule has 1 aliphatic carbocycles. The first-order valence-electron chi connectivity index (χ1n) is 11.0. The van der Waals surface area contributed by atoms with Crippen LogP contribution in [0.3, 0.4) is 0 Å². The van der Waals surface area contributed by atoms with E-state index in [-0.39, 0.29) is 6.04 Å². The molecule has 5 rings (SSSR count). The number of hydrogen-bond acceptors (Lipinski definition) is 5. The van der Waals surface area contributed by atoms with Gasteiger partial charge in [0, 0.05) is 23.5 Å². The van der Waals surface area contributed by atoms with E-state index >= 15 is 0 Å². The average molecular weight is 435 g/mol. The summed E-state index contributed by atoms with van der Waals surface area (Å²) in [5.74, 6) is 0.677. The Morgan fingerprint density at radius 3 is 2.78 bits per heavy atom. The van der Waals surface area contributed by atoms with Gasteiger partial charge in [0.25, 0.3) is 0 Å². The first-order valence-corrected chi connectivity index (χ1v) is 11.0. The summed E-state index contributed by atoms with van der Waals surface area (Å²) in [6, 6.07) is 9.53. The molecule has 7 nitrogen and oxygen atoms in total. The molecule has 8 heteroatoms. The minimum atomic E-state index is -0.837. The first-order chi connectivity index (χ1) is 15.4. The summed E-state index contributed by atoms with van der Waals surface area (Å²) in [5, 5.41) is 17.7. The number of aromatic nitrogens is 5. The lowest BCUT2D eigenvalue weighted by Gasteiger charge is -2.16. The van der Waals surface area contributed by atoms with Crippen molar-refractivity contribution in [2.24, 2.45) is 0 Å². The van der Waals surface area contributed by atoms with Crippen molar-refractivity contribution in [3.8, 4) is 22.5 Å². The Balaban J connectivity index is 1.45. The van der Waals surface area contributed by atoms with Crippen LogP contribution >= 0.6 is 0 Å². The van der Waals surface area contributed by atoms with Crippen LogP contribution in [-0.4, -0.2) is 47.1 Å². The van der Waals surface area contributed by atoms with Gasteiger partial charge >= 0.3 is 0 Å². The van der Waals surface area contributed by atoms with Crippen LogP contribution in [0.2, 0.25) is 0 Å². The van der Waals surface area contributed by atoms with Gasteiger partial charge < -0.3 is 10.4 Å². The van der Waals surface area contributed by atoms with Crippen molar-refractivity contribution in [1.82, 2.24) is 24.1 Å². The highest BCUT2D eigenvalue weighted by molar-refractivity contribution is 5.67. The fourth-order valence-electron chi connectivity index (χ4n) is 4.26. The molecule has 1 aliphatic rings. The molecule has 0 spiro atoms. The van der Waals surface area contributed by atoms with Crippen LogP contribution in [0.15, 0.2) is 55.1 Å². The Hall–Kier alpha value is -3.26. The van der Waals surface area contributed by atoms with Crippen molar-refractivity contribution in [2.75, 3.05) is 5.32 Å². The van der Waals surface area contributed by atoms with E-state index in [0.717, 1.165) is 41.0 Å². The number of halogens is 1. The van der Waals surface area contributed by atoms with Gasteiger partial charge in [0.1, 0.15) is 17.6 Å². The number of hydrogen-bond donors (Lipinski definition) is 2. The molecule has 166 valence electrons. The van der Waals surface area contributed by atoms with Crippen LogP contribution in [0.25, 0.3) is 28.2 Å². The standard InChI is InChI=1S/C24H27FN6O/c1-24(2,32)15-30-13-17(11-27-30)16-9-10-23-26-12-21(31(23)14-16)20-7-4-8-22(29-20)28-19-6-3-5-18(19)25/h4,7-14,18-19,32H,3,5-6,15H2,1-2H3,(H,28,29)/t18-,19-/m0/s1. The second kappa shape index (κ2) is 8.02. The van der Waals surface area contributed by atoms with Crippen LogP contribution in [0.1, 0.15) is 33.1 Å². The summed E-state index contributed by atoms with van der Waals surface area (Å²) in [6.07, 6.45) is 9.05. The maximum Gasteiger partial charge on any atom is 0.137 e. The highest BCUT2D eigenvalue weighted by Gasteiger charge is 2.27. The second-order valence-electron chi connectivity index (χ2n) is 9.13. The SMILES string of the molecule is CC(C)(O)Cn1cc(-c2ccc3ncc(-c4cccc(N[C@H]5CCC[C@@H]5F)n4)n3c2)cn1. The van der Waals surface area contributed by atoms with Gasteiger partial charge in [-0.15, -0.1) is 0 Å². The zero-order valence-corrected chi connectivity index (χ0v) is 18.2. The second-order valence-corrected chi connectivity index (χ2v) is 9.13. The maximum atomic E-state index is 14.0. The minimum absolute atomic E-state index is 0.174. The van der Waals surface area contributed by atoms with Crippen LogP contribution in [0, 0.1) is 0 Å². The van der Waals surface area contributed by atoms with E-state index in [4.69, 9.17) is 4.98 Å². The Bertz CT molecular complexity index is 1240. The number of pyridine rings is 2. The third kappa shape index (κ3) is 4.23. The molecule has 0 unspecified atom stereocenters. The topological polar surface area (TPSA) is 80.3 Å². The lowest BCUT2D eigenvalue weighted by atomic mass is 10.1. The molecule has 32 heavy (non-hydrogen) atoms. The van der Waals surface area contributed by atoms with Crippen LogP contribution in [0.4, 0.5) is 10.2 Å². The van der Waals surface area contributed by atoms with Gasteiger partial charge in [-0.3, -0.25) is 9.08 Å². The largest absolute Gasteiger partial charge is 0.389 e. The van der Waals surface area contributed by atoms with Crippen LogP contribution in [0.5, 0.6) is 0 Å². The highest BCUT2D eigenvalue weighted by atomic mass is 19.1. The summed E-state index contributed by atoms with van der Waals surface area (Å²) in [4.78, 5) is 9.24. The van der Waals surface area contributed by atoms with Crippen molar-refractivity contribution < 1.29 is 9.50 Å². The van der Waals surface area contributed by atoms with Crippen molar-refractivity contribution in [3.05, 3.63) is 55.1 Å². The van der Waals surface area contributed by atoms with E-state index in [1.807, 2.05) is 47.1 Å². The molecular weight excluding hydrogens is 407 g/mol. The van der Waals surface area contributed by atoms with Crippen LogP contribution < -0.4 is 5.32 Å². The molecule has 2 N–H and O–H groups in total. The number of alkyl halides is 1. The zero-order valence-electron chi connectivity index (χ0n) is 18.2. The van der Waals surface area contributed by atoms with E-state index in [1.165, 1.54) is 0 Å². The predicted molar refractivity (Wildman–Crippen MR) is 122 cm³/mol. The number of nitrogens with zero attached hydrogens (tertiary/aromatic N) is 5. The summed E-state index contributed by atoms with van der Waals surface area (Å²) >= 11 is 0. The van der Waals surface area contributed by atoms with Gasteiger partial charge in [0.2, 0.25) is 0 Å². The Morgan fingerprint density at radius 1 is 1.12 bits per heavy atom. The van der Waals surface area contributed by atoms with Gasteiger partial charge in [-0.1, -0.05) is 6.07 Å². The number of imidazole rings is 1. The van der Waals surface area contributed by atoms with Crippen molar-refractivity contribution in [3.63, 3.8) is 0 Å². The number of nitrogens with one attached hydrogen (secondary N) is 1. The summed E-state index contributed by atoms with van der Waals surface area (Å²) in [5.41, 5.74) is 3.54. The van der Waals surface area contributed by atoms with Crippen molar-refractivity contribution >= 4 is 11.5 Å². The molecule has 2 atom stereocenters. The van der Waals surface area contributed by atoms with Crippen molar-refractivity contribution in [2.45, 2.75) is 57.5 Å². The lowest BCUT2D eigenvalue weighted by molar-refractivity contribution is 0.0577. The molecule has 4 aromatic rings. The number of fused-ring (bicyclic) bond motifs is 1. The summed E-state index contributed by atoms with van der Waals surface area (Å²) in [6.45, 7) is 3.93. The van der Waals surface area contributed by atoms with Crippen LogP contribution in [-0.2, 0) is 6.54 Å². The van der Waals surface area contributed by atoms with Gasteiger partial charge in [-0.2, -0.15) is 5.10 Å². The molecule has 0 saturated heterocycles. The average Bonchev–Trinajstić information content (AvgIpc) is 3.47. The molecule has 0 aliphatic heterocycles. The molecule has 0 radical (unpaired) electrons. The molecule has 0 aromatic carbocycles. The van der Waals surface area contributed by atoms with Gasteiger partial charge in [-0.25, -0.2) is 14.4 Å². The Labute approximate surface area is 185 Å². The minimum Gasteiger partial charge on any atom is -0.389 e. The Kier molecular flexibility index (Phi) is 5.17. The monoisotopic (exact) mass is 434 g/mol. The summed E-state index contributed by atoms with van der Waals surface area (Å²) < 4.78 is 17.8. The van der Waals surface area contributed by atoms with Gasteiger partial charge in [-0.05, 0) is 57.4 Å². The molecular formula is C24H27FN6O. The normalized spacial score (nSPS) is 19.0. The van der Waals surface area contributed by atoms with E-state index < -0.39 is 11.8 Å². The molecule has 4 heterocycles. The predicted octanol–water partition coefficient (Wildman–Crippen LogP) is 4.33. The molecule has 1 fully saturated rings. The third-order valence-electron chi connectivity index (χ3n) is 5.80. The van der Waals surface area contributed by atoms with E-state index in [1.54, 1.807) is 30.9 Å². The summed E-state index contributed by atoms with van der Waals surface area (Å²) in [7, 11) is 0. The van der Waals surface area contributed by atoms with E-state index in [0.29, 0.717) is 18.8 Å².